The Morgan fingerprint density at radius 2 is 2.11 bits per heavy atom. The zero-order valence-electron chi connectivity index (χ0n) is 16.1. The van der Waals surface area contributed by atoms with Gasteiger partial charge in [-0.2, -0.15) is 0 Å². The van der Waals surface area contributed by atoms with Crippen LogP contribution in [-0.2, 0) is 27.3 Å². The zero-order valence-corrected chi connectivity index (χ0v) is 16.1. The van der Waals surface area contributed by atoms with Gasteiger partial charge in [0.15, 0.2) is 6.54 Å². The van der Waals surface area contributed by atoms with Gasteiger partial charge in [-0.1, -0.05) is 18.2 Å². The van der Waals surface area contributed by atoms with Crippen molar-refractivity contribution < 1.29 is 19.2 Å². The molecule has 1 aromatic carbocycles. The highest BCUT2D eigenvalue weighted by Crippen LogP contribution is 2.30. The van der Waals surface area contributed by atoms with E-state index < -0.39 is 6.04 Å². The quantitative estimate of drug-likeness (QED) is 0.794. The van der Waals surface area contributed by atoms with Crippen LogP contribution < -0.4 is 4.90 Å². The number of aromatic amines is 1. The van der Waals surface area contributed by atoms with E-state index in [0.717, 1.165) is 35.1 Å². The maximum absolute atomic E-state index is 13.2. The van der Waals surface area contributed by atoms with E-state index in [0.29, 0.717) is 25.6 Å². The molecular weight excluding hydrogens is 342 g/mol. The molecule has 0 spiro atoms. The van der Waals surface area contributed by atoms with E-state index in [4.69, 9.17) is 4.74 Å². The molecule has 0 aliphatic carbocycles. The first-order chi connectivity index (χ1) is 13.1. The molecule has 0 radical (unpaired) electrons. The van der Waals surface area contributed by atoms with Crippen molar-refractivity contribution in [3.63, 3.8) is 0 Å². The summed E-state index contributed by atoms with van der Waals surface area (Å²) < 4.78 is 5.04. The van der Waals surface area contributed by atoms with Crippen LogP contribution in [-0.4, -0.2) is 54.0 Å². The number of piperidine rings is 1. The lowest BCUT2D eigenvalue weighted by Crippen LogP contribution is -3.17. The van der Waals surface area contributed by atoms with Crippen molar-refractivity contribution in [3.05, 3.63) is 35.5 Å². The summed E-state index contributed by atoms with van der Waals surface area (Å²) in [5.41, 5.74) is 3.21. The number of ether oxygens (including phenoxy) is 1. The fourth-order valence-corrected chi connectivity index (χ4v) is 4.63. The molecule has 6 heteroatoms. The van der Waals surface area contributed by atoms with Gasteiger partial charge in [0.25, 0.3) is 5.91 Å². The van der Waals surface area contributed by atoms with Crippen molar-refractivity contribution in [2.45, 2.75) is 51.2 Å². The topological polar surface area (TPSA) is 66.8 Å². The number of likely N-dealkylation sites (tertiary alicyclic amines) is 1. The number of H-pyrrole nitrogens is 1. The van der Waals surface area contributed by atoms with E-state index in [9.17, 15) is 9.59 Å². The number of carbonyl (C=O) groups excluding carboxylic acids is 2. The number of amides is 1. The number of quaternary nitrogens is 1. The molecule has 0 saturated carbocycles. The first-order valence-electron chi connectivity index (χ1n) is 9.88. The molecule has 1 fully saturated rings. The van der Waals surface area contributed by atoms with Crippen LogP contribution >= 0.6 is 0 Å². The second kappa shape index (κ2) is 7.35. The minimum Gasteiger partial charge on any atom is -0.467 e. The van der Waals surface area contributed by atoms with E-state index in [1.807, 2.05) is 18.2 Å². The molecule has 2 aliphatic rings. The summed E-state index contributed by atoms with van der Waals surface area (Å²) in [6.45, 7) is 4.13. The number of methoxy groups -OCH3 is 1. The van der Waals surface area contributed by atoms with Crippen LogP contribution in [0.15, 0.2) is 24.3 Å². The van der Waals surface area contributed by atoms with E-state index in [-0.39, 0.29) is 11.9 Å². The molecule has 2 aromatic rings. The fraction of sp³-hybridized carbons (Fsp3) is 0.524. The van der Waals surface area contributed by atoms with Gasteiger partial charge in [-0.15, -0.1) is 0 Å². The van der Waals surface area contributed by atoms with Gasteiger partial charge in [0.1, 0.15) is 6.04 Å². The Bertz CT molecular complexity index is 859. The molecule has 1 amide bonds. The summed E-state index contributed by atoms with van der Waals surface area (Å²) in [5.74, 6) is -0.292. The molecule has 27 heavy (non-hydrogen) atoms. The average Bonchev–Trinajstić information content (AvgIpc) is 3.05. The van der Waals surface area contributed by atoms with Gasteiger partial charge in [0, 0.05) is 23.0 Å². The lowest BCUT2D eigenvalue weighted by molar-refractivity contribution is -0.921. The molecule has 1 unspecified atom stereocenters. The second-order valence-corrected chi connectivity index (χ2v) is 7.87. The van der Waals surface area contributed by atoms with E-state index in [2.05, 4.69) is 18.0 Å². The lowest BCUT2D eigenvalue weighted by Gasteiger charge is -2.36. The van der Waals surface area contributed by atoms with Crippen molar-refractivity contribution in [2.75, 3.05) is 20.2 Å². The number of rotatable bonds is 3. The zero-order chi connectivity index (χ0) is 19.0. The van der Waals surface area contributed by atoms with Crippen molar-refractivity contribution in [1.82, 2.24) is 9.88 Å². The van der Waals surface area contributed by atoms with E-state index in [1.165, 1.54) is 24.9 Å². The van der Waals surface area contributed by atoms with Gasteiger partial charge in [-0.3, -0.25) is 4.79 Å². The largest absolute Gasteiger partial charge is 0.467 e. The van der Waals surface area contributed by atoms with Crippen LogP contribution in [0.25, 0.3) is 10.9 Å². The number of nitrogens with one attached hydrogen (secondary N) is 2. The Balaban J connectivity index is 1.61. The Hall–Kier alpha value is -2.34. The molecule has 4 rings (SSSR count). The summed E-state index contributed by atoms with van der Waals surface area (Å²) in [4.78, 5) is 32.1. The number of fused-ring (bicyclic) bond motifs is 3. The predicted octanol–water partition coefficient (Wildman–Crippen LogP) is 1.05. The van der Waals surface area contributed by atoms with Gasteiger partial charge in [-0.05, 0) is 37.8 Å². The number of carbonyl (C=O) groups is 2. The Morgan fingerprint density at radius 1 is 1.30 bits per heavy atom. The highest BCUT2D eigenvalue weighted by atomic mass is 16.5. The van der Waals surface area contributed by atoms with Crippen molar-refractivity contribution in [1.29, 1.82) is 0 Å². The summed E-state index contributed by atoms with van der Waals surface area (Å²) in [5, 5.41) is 1.13. The molecule has 0 bridgehead atoms. The van der Waals surface area contributed by atoms with Gasteiger partial charge >= 0.3 is 5.97 Å². The third-order valence-corrected chi connectivity index (χ3v) is 6.26. The number of para-hydroxylation sites is 1. The average molecular weight is 370 g/mol. The molecule has 2 N–H and O–H groups in total. The number of aromatic nitrogens is 1. The second-order valence-electron chi connectivity index (χ2n) is 7.87. The Labute approximate surface area is 159 Å². The maximum Gasteiger partial charge on any atom is 0.328 e. The molecular formula is C21H28N3O3+. The van der Waals surface area contributed by atoms with Gasteiger partial charge in [-0.25, -0.2) is 4.79 Å². The van der Waals surface area contributed by atoms with Crippen LogP contribution in [0.1, 0.15) is 37.4 Å². The van der Waals surface area contributed by atoms with Crippen molar-refractivity contribution in [3.8, 4) is 0 Å². The molecule has 144 valence electrons. The minimum atomic E-state index is -0.547. The highest BCUT2D eigenvalue weighted by Gasteiger charge is 2.38. The van der Waals surface area contributed by atoms with E-state index >= 15 is 0 Å². The number of hydrogen-bond acceptors (Lipinski definition) is 3. The summed E-state index contributed by atoms with van der Waals surface area (Å²) in [6, 6.07) is 8.04. The molecule has 3 atom stereocenters. The summed E-state index contributed by atoms with van der Waals surface area (Å²) in [7, 11) is 1.40. The highest BCUT2D eigenvalue weighted by molar-refractivity contribution is 5.90. The number of esters is 1. The third-order valence-electron chi connectivity index (χ3n) is 6.26. The fourth-order valence-electron chi connectivity index (χ4n) is 4.63. The Morgan fingerprint density at radius 3 is 2.89 bits per heavy atom. The van der Waals surface area contributed by atoms with Gasteiger partial charge in [0.05, 0.1) is 26.2 Å². The lowest BCUT2D eigenvalue weighted by atomic mass is 9.96. The molecule has 1 aromatic heterocycles. The van der Waals surface area contributed by atoms with Crippen molar-refractivity contribution >= 4 is 22.8 Å². The molecule has 1 saturated heterocycles. The smallest absolute Gasteiger partial charge is 0.328 e. The molecule has 6 nitrogen and oxygen atoms in total. The number of nitrogens with zero attached hydrogens (tertiary/aromatic N) is 1. The normalized spacial score (nSPS) is 25.3. The van der Waals surface area contributed by atoms with Crippen LogP contribution in [0.3, 0.4) is 0 Å². The first kappa shape index (κ1) is 18.0. The standard InChI is InChI=1S/C21H27N3O3/c1-14-7-5-6-10-23(14)13-20(25)24-12-18-16(11-19(24)21(26)27-2)15-8-3-4-9-17(15)22-18/h3-4,8-9,14,19,22H,5-7,10-13H2,1-2H3/p+1/t14-,19-/m0/s1. The summed E-state index contributed by atoms with van der Waals surface area (Å²) in [6.07, 6.45) is 4.07. The van der Waals surface area contributed by atoms with Crippen LogP contribution in [0.5, 0.6) is 0 Å². The predicted molar refractivity (Wildman–Crippen MR) is 102 cm³/mol. The third kappa shape index (κ3) is 3.34. The van der Waals surface area contributed by atoms with E-state index in [1.54, 1.807) is 4.90 Å². The van der Waals surface area contributed by atoms with Crippen molar-refractivity contribution in [2.24, 2.45) is 0 Å². The molecule has 2 aliphatic heterocycles. The van der Waals surface area contributed by atoms with Gasteiger partial charge < -0.3 is 19.5 Å². The van der Waals surface area contributed by atoms with Crippen LogP contribution in [0.4, 0.5) is 0 Å². The number of benzene rings is 1. The van der Waals surface area contributed by atoms with Crippen LogP contribution in [0, 0.1) is 0 Å². The Kier molecular flexibility index (Phi) is 4.91. The summed E-state index contributed by atoms with van der Waals surface area (Å²) >= 11 is 0. The van der Waals surface area contributed by atoms with Gasteiger partial charge in [0.2, 0.25) is 0 Å². The first-order valence-corrected chi connectivity index (χ1v) is 9.88. The molecule has 3 heterocycles. The number of hydrogen-bond donors (Lipinski definition) is 2. The van der Waals surface area contributed by atoms with Crippen LogP contribution in [0.2, 0.25) is 0 Å². The maximum atomic E-state index is 13.2. The monoisotopic (exact) mass is 370 g/mol. The minimum absolute atomic E-state index is 0.0402. The SMILES string of the molecule is COC(=O)[C@@H]1Cc2c([nH]c3ccccc23)CN1C(=O)C[NH+]1CCCC[C@@H]1C.